The topological polar surface area (TPSA) is 188 Å². The number of aliphatic hydroxyl groups excluding tert-OH is 5. The third kappa shape index (κ3) is 3.48. The number of rotatable bonds is 4. The van der Waals surface area contributed by atoms with E-state index >= 15 is 0 Å². The molecular formula is C22H24O10S. The zero-order valence-corrected chi connectivity index (χ0v) is 18.2. The fourth-order valence-corrected chi connectivity index (χ4v) is 5.61. The van der Waals surface area contributed by atoms with E-state index in [-0.39, 0.29) is 27.8 Å². The van der Waals surface area contributed by atoms with Crippen molar-refractivity contribution in [2.75, 3.05) is 12.9 Å². The molecule has 6 atom stereocenters. The van der Waals surface area contributed by atoms with Crippen LogP contribution in [0.5, 0.6) is 17.2 Å². The number of phenols is 3. The fraction of sp³-hybridized carbons (Fsp3) is 0.409. The summed E-state index contributed by atoms with van der Waals surface area (Å²) in [4.78, 5) is 13.8. The summed E-state index contributed by atoms with van der Waals surface area (Å²) in [5.74, 6) is -3.40. The van der Waals surface area contributed by atoms with Crippen LogP contribution in [0.15, 0.2) is 23.1 Å². The van der Waals surface area contributed by atoms with Crippen LogP contribution in [0.1, 0.15) is 38.5 Å². The molecule has 178 valence electrons. The van der Waals surface area contributed by atoms with Crippen molar-refractivity contribution in [3.05, 3.63) is 46.0 Å². The second-order valence-corrected chi connectivity index (χ2v) is 8.84. The van der Waals surface area contributed by atoms with Gasteiger partial charge in [-0.15, -0.1) is 11.8 Å². The highest BCUT2D eigenvalue weighted by Gasteiger charge is 2.51. The van der Waals surface area contributed by atoms with E-state index < -0.39 is 72.7 Å². The van der Waals surface area contributed by atoms with Crippen LogP contribution < -0.4 is 0 Å². The van der Waals surface area contributed by atoms with Gasteiger partial charge in [-0.05, 0) is 35.6 Å². The van der Waals surface area contributed by atoms with Crippen molar-refractivity contribution in [2.45, 2.75) is 47.9 Å². The first kappa shape index (κ1) is 23.8. The Hall–Kier alpha value is -2.38. The maximum absolute atomic E-state index is 13.4. The van der Waals surface area contributed by atoms with Crippen molar-refractivity contribution in [3.63, 3.8) is 0 Å². The lowest BCUT2D eigenvalue weighted by Crippen LogP contribution is -2.60. The number of aliphatic hydroxyl groups is 5. The van der Waals surface area contributed by atoms with Crippen LogP contribution in [0, 0.1) is 0 Å². The highest BCUT2D eigenvalue weighted by atomic mass is 32.2. The van der Waals surface area contributed by atoms with Crippen LogP contribution in [0.2, 0.25) is 0 Å². The lowest BCUT2D eigenvalue weighted by atomic mass is 9.70. The quantitative estimate of drug-likeness (QED) is 0.209. The molecular weight excluding hydrogens is 456 g/mol. The number of ketones is 1. The van der Waals surface area contributed by atoms with E-state index in [2.05, 4.69) is 0 Å². The zero-order chi connectivity index (χ0) is 24.2. The Morgan fingerprint density at radius 3 is 2.15 bits per heavy atom. The van der Waals surface area contributed by atoms with E-state index in [4.69, 9.17) is 4.74 Å². The first-order valence-electron chi connectivity index (χ1n) is 10.1. The van der Waals surface area contributed by atoms with Crippen molar-refractivity contribution in [2.24, 2.45) is 0 Å². The lowest BCUT2D eigenvalue weighted by Gasteiger charge is -2.45. The number of hydrogen-bond acceptors (Lipinski definition) is 11. The molecule has 4 rings (SSSR count). The number of aromatic hydroxyl groups is 3. The minimum absolute atomic E-state index is 0.110. The summed E-state index contributed by atoms with van der Waals surface area (Å²) in [5, 5.41) is 82.9. The van der Waals surface area contributed by atoms with Crippen molar-refractivity contribution in [1.82, 2.24) is 0 Å². The molecule has 11 heteroatoms. The molecule has 1 saturated heterocycles. The average molecular weight is 480 g/mol. The molecule has 0 radical (unpaired) electrons. The largest absolute Gasteiger partial charge is 0.508 e. The van der Waals surface area contributed by atoms with Crippen LogP contribution >= 0.6 is 11.8 Å². The van der Waals surface area contributed by atoms with E-state index in [1.54, 1.807) is 6.26 Å². The van der Waals surface area contributed by atoms with Crippen molar-refractivity contribution in [1.29, 1.82) is 0 Å². The van der Waals surface area contributed by atoms with Crippen molar-refractivity contribution < 1.29 is 50.4 Å². The number of ether oxygens (including phenoxy) is 1. The number of thioether (sulfide) groups is 1. The molecule has 0 amide bonds. The predicted octanol–water partition coefficient (Wildman–Crippen LogP) is -0.464. The average Bonchev–Trinajstić information content (AvgIpc) is 2.80. The normalized spacial score (nSPS) is 29.0. The van der Waals surface area contributed by atoms with Crippen molar-refractivity contribution in [3.8, 4) is 17.2 Å². The van der Waals surface area contributed by atoms with E-state index in [9.17, 15) is 45.6 Å². The molecule has 8 N–H and O–H groups in total. The van der Waals surface area contributed by atoms with Gasteiger partial charge in [-0.2, -0.15) is 0 Å². The Morgan fingerprint density at radius 1 is 0.909 bits per heavy atom. The minimum Gasteiger partial charge on any atom is -0.508 e. The van der Waals surface area contributed by atoms with Crippen molar-refractivity contribution >= 4 is 17.5 Å². The molecule has 33 heavy (non-hydrogen) atoms. The molecule has 0 bridgehead atoms. The van der Waals surface area contributed by atoms with Gasteiger partial charge >= 0.3 is 0 Å². The smallest absolute Gasteiger partial charge is 0.201 e. The maximum Gasteiger partial charge on any atom is 0.201 e. The van der Waals surface area contributed by atoms with Crippen LogP contribution in [0.3, 0.4) is 0 Å². The predicted molar refractivity (Wildman–Crippen MR) is 115 cm³/mol. The summed E-state index contributed by atoms with van der Waals surface area (Å²) >= 11 is 1.14. The van der Waals surface area contributed by atoms with Gasteiger partial charge in [0.15, 0.2) is 0 Å². The Bertz CT molecular complexity index is 1100. The maximum atomic E-state index is 13.4. The number of phenolic OH excluding ortho intramolecular Hbond substituents is 3. The number of carbonyl (C=O) groups is 1. The van der Waals surface area contributed by atoms with Gasteiger partial charge in [-0.1, -0.05) is 0 Å². The summed E-state index contributed by atoms with van der Waals surface area (Å²) in [7, 11) is 0. The van der Waals surface area contributed by atoms with E-state index in [1.807, 2.05) is 0 Å². The summed E-state index contributed by atoms with van der Waals surface area (Å²) in [6, 6.07) is 3.48. The zero-order valence-electron chi connectivity index (χ0n) is 17.4. The van der Waals surface area contributed by atoms with Crippen LogP contribution in [-0.4, -0.2) is 90.0 Å². The third-order valence-corrected chi connectivity index (χ3v) is 7.17. The summed E-state index contributed by atoms with van der Waals surface area (Å²) < 4.78 is 5.76. The van der Waals surface area contributed by atoms with Crippen LogP contribution in [0.4, 0.5) is 0 Å². The Morgan fingerprint density at radius 2 is 1.55 bits per heavy atom. The van der Waals surface area contributed by atoms with Gasteiger partial charge in [0.05, 0.1) is 30.4 Å². The van der Waals surface area contributed by atoms with E-state index in [0.29, 0.717) is 4.90 Å². The van der Waals surface area contributed by atoms with Gasteiger partial charge in [-0.25, -0.2) is 0 Å². The second kappa shape index (κ2) is 8.76. The van der Waals surface area contributed by atoms with E-state index in [0.717, 1.165) is 23.9 Å². The molecule has 1 aliphatic heterocycles. The molecule has 1 heterocycles. The second-order valence-electron chi connectivity index (χ2n) is 8.03. The highest BCUT2D eigenvalue weighted by molar-refractivity contribution is 7.98. The molecule has 0 saturated carbocycles. The molecule has 2 aliphatic rings. The standard InChI is InChI=1S/C22H24O10S/c1-33-22-7(5-23)4-10(27)14-16(22)15(12-8(25)2-3-9(26)13(12)18(14)29)21-20(31)19(30)17(28)11(6-24)32-21/h2-4,11,15,17,19-21,23-28,30-31H,5-6H2,1H3/t11-,15?,17-,19+,20-,21+/m1/s1. The van der Waals surface area contributed by atoms with Gasteiger partial charge in [0, 0.05) is 16.4 Å². The highest BCUT2D eigenvalue weighted by Crippen LogP contribution is 2.53. The number of fused-ring (bicyclic) bond motifs is 2. The number of hydrogen-bond donors (Lipinski definition) is 8. The summed E-state index contributed by atoms with van der Waals surface area (Å²) in [6.07, 6.45) is -6.14. The van der Waals surface area contributed by atoms with E-state index in [1.165, 1.54) is 6.07 Å². The van der Waals surface area contributed by atoms with Gasteiger partial charge in [0.25, 0.3) is 0 Å². The number of benzene rings is 2. The lowest BCUT2D eigenvalue weighted by molar-refractivity contribution is -0.232. The number of carbonyl (C=O) groups excluding carboxylic acids is 1. The van der Waals surface area contributed by atoms with Gasteiger partial charge < -0.3 is 45.6 Å². The first-order chi connectivity index (χ1) is 15.7. The fourth-order valence-electron chi connectivity index (χ4n) is 4.78. The Labute approximate surface area is 192 Å². The first-order valence-corrected chi connectivity index (χ1v) is 11.3. The van der Waals surface area contributed by atoms with Gasteiger partial charge in [-0.3, -0.25) is 4.79 Å². The monoisotopic (exact) mass is 480 g/mol. The molecule has 0 spiro atoms. The minimum atomic E-state index is -1.74. The molecule has 10 nitrogen and oxygen atoms in total. The molecule has 1 fully saturated rings. The Balaban J connectivity index is 2.08. The molecule has 1 unspecified atom stereocenters. The van der Waals surface area contributed by atoms with Crippen LogP contribution in [0.25, 0.3) is 0 Å². The van der Waals surface area contributed by atoms with Gasteiger partial charge in [0.2, 0.25) is 5.78 Å². The Kier molecular flexibility index (Phi) is 6.31. The summed E-state index contributed by atoms with van der Waals surface area (Å²) in [5.41, 5.74) is -0.254. The molecule has 0 aromatic heterocycles. The van der Waals surface area contributed by atoms with Crippen LogP contribution in [-0.2, 0) is 11.3 Å². The SMILES string of the molecule is CSc1c(CO)cc(O)c2c1C([C@@H]1O[C@H](CO)[C@@H](O)[C@H](O)[C@H]1O)c1c(O)ccc(O)c1C2=O. The molecule has 1 aliphatic carbocycles. The molecule has 2 aromatic carbocycles. The van der Waals surface area contributed by atoms with Gasteiger partial charge in [0.1, 0.15) is 41.7 Å². The molecule has 2 aromatic rings. The summed E-state index contributed by atoms with van der Waals surface area (Å²) in [6.45, 7) is -1.19. The third-order valence-electron chi connectivity index (χ3n) is 6.28.